The molecule has 1 heterocycles. The van der Waals surface area contributed by atoms with E-state index in [1.54, 1.807) is 12.1 Å². The second kappa shape index (κ2) is 6.91. The van der Waals surface area contributed by atoms with Gasteiger partial charge in [0.25, 0.3) is 5.69 Å². The average Bonchev–Trinajstić information content (AvgIpc) is 2.61. The highest BCUT2D eigenvalue weighted by Crippen LogP contribution is 2.30. The van der Waals surface area contributed by atoms with Crippen LogP contribution >= 0.6 is 0 Å². The van der Waals surface area contributed by atoms with Gasteiger partial charge in [0.1, 0.15) is 13.2 Å². The predicted molar refractivity (Wildman–Crippen MR) is 90.3 cm³/mol. The third kappa shape index (κ3) is 3.57. The van der Waals surface area contributed by atoms with Crippen LogP contribution in [-0.4, -0.2) is 30.1 Å². The Hall–Kier alpha value is -3.22. The quantitative estimate of drug-likeness (QED) is 0.490. The van der Waals surface area contributed by atoms with E-state index in [9.17, 15) is 10.1 Å². The van der Waals surface area contributed by atoms with Gasteiger partial charge in [-0.05, 0) is 25.1 Å². The molecule has 7 heteroatoms. The van der Waals surface area contributed by atoms with Crippen molar-refractivity contribution in [1.82, 2.24) is 0 Å². The maximum Gasteiger partial charge on any atom is 0.270 e. The topological polar surface area (TPSA) is 86.3 Å². The molecule has 1 aliphatic heterocycles. The van der Waals surface area contributed by atoms with E-state index in [1.807, 2.05) is 25.1 Å². The molecule has 0 saturated carbocycles. The summed E-state index contributed by atoms with van der Waals surface area (Å²) in [4.78, 5) is 10.3. The molecular weight excluding hydrogens is 310 g/mol. The number of nitrogens with zero attached hydrogens (tertiary/aromatic N) is 3. The third-order valence-corrected chi connectivity index (χ3v) is 3.46. The van der Waals surface area contributed by atoms with Crippen molar-refractivity contribution in [3.63, 3.8) is 0 Å². The first kappa shape index (κ1) is 15.7. The number of non-ortho nitro benzene ring substituents is 1. The van der Waals surface area contributed by atoms with Crippen LogP contribution in [0.1, 0.15) is 18.1 Å². The molecule has 2 aromatic rings. The van der Waals surface area contributed by atoms with Crippen LogP contribution < -0.4 is 9.47 Å². The molecule has 7 nitrogen and oxygen atoms in total. The first-order chi connectivity index (χ1) is 11.6. The minimum atomic E-state index is -0.443. The number of hydrogen-bond donors (Lipinski definition) is 0. The van der Waals surface area contributed by atoms with Gasteiger partial charge in [-0.1, -0.05) is 12.1 Å². The number of rotatable bonds is 4. The Balaban J connectivity index is 1.76. The van der Waals surface area contributed by atoms with Gasteiger partial charge in [-0.2, -0.15) is 10.2 Å². The maximum atomic E-state index is 10.7. The van der Waals surface area contributed by atoms with Gasteiger partial charge in [0.15, 0.2) is 11.5 Å². The lowest BCUT2D eigenvalue weighted by Gasteiger charge is -2.18. The largest absolute Gasteiger partial charge is 0.486 e. The van der Waals surface area contributed by atoms with Crippen molar-refractivity contribution >= 4 is 17.6 Å². The predicted octanol–water partition coefficient (Wildman–Crippen LogP) is 3.21. The lowest BCUT2D eigenvalue weighted by Crippen LogP contribution is -2.15. The summed E-state index contributed by atoms with van der Waals surface area (Å²) < 4.78 is 11.0. The number of ether oxygens (including phenoxy) is 2. The second-order valence-corrected chi connectivity index (χ2v) is 5.14. The average molecular weight is 325 g/mol. The minimum absolute atomic E-state index is 0.0199. The number of benzene rings is 2. The van der Waals surface area contributed by atoms with Crippen molar-refractivity contribution in [2.45, 2.75) is 6.92 Å². The number of nitro benzene ring substituents is 1. The van der Waals surface area contributed by atoms with Gasteiger partial charge < -0.3 is 9.47 Å². The fourth-order valence-electron chi connectivity index (χ4n) is 2.23. The van der Waals surface area contributed by atoms with Crippen LogP contribution in [0.5, 0.6) is 11.5 Å². The summed E-state index contributed by atoms with van der Waals surface area (Å²) in [6.07, 6.45) is 1.48. The number of nitro groups is 1. The van der Waals surface area contributed by atoms with Crippen LogP contribution in [0.4, 0.5) is 5.69 Å². The summed E-state index contributed by atoms with van der Waals surface area (Å²) in [5.41, 5.74) is 2.21. The van der Waals surface area contributed by atoms with Gasteiger partial charge in [-0.3, -0.25) is 10.1 Å². The molecule has 24 heavy (non-hydrogen) atoms. The van der Waals surface area contributed by atoms with E-state index in [1.165, 1.54) is 18.3 Å². The Labute approximate surface area is 138 Å². The molecule has 0 N–H and O–H groups in total. The number of fused-ring (bicyclic) bond motifs is 1. The van der Waals surface area contributed by atoms with E-state index in [-0.39, 0.29) is 5.69 Å². The lowest BCUT2D eigenvalue weighted by atomic mass is 10.1. The molecule has 122 valence electrons. The molecule has 0 unspecified atom stereocenters. The van der Waals surface area contributed by atoms with E-state index in [2.05, 4.69) is 10.2 Å². The zero-order chi connectivity index (χ0) is 16.9. The summed E-state index contributed by atoms with van der Waals surface area (Å²) in [5.74, 6) is 1.41. The standard InChI is InChI=1S/C17H15N3O4/c1-12(14-5-6-16-17(10-14)24-8-7-23-16)19-18-11-13-3-2-4-15(9-13)20(21)22/h2-6,9-11H,7-8H2,1H3. The van der Waals surface area contributed by atoms with Crippen LogP contribution in [0.3, 0.4) is 0 Å². The Kier molecular flexibility index (Phi) is 4.51. The molecule has 0 spiro atoms. The van der Waals surface area contributed by atoms with Crippen LogP contribution in [0.2, 0.25) is 0 Å². The summed E-state index contributed by atoms with van der Waals surface area (Å²) >= 11 is 0. The molecule has 1 aliphatic rings. The van der Waals surface area contributed by atoms with Crippen molar-refractivity contribution in [3.05, 3.63) is 63.7 Å². The van der Waals surface area contributed by atoms with E-state index >= 15 is 0 Å². The monoisotopic (exact) mass is 325 g/mol. The molecule has 0 aromatic heterocycles. The van der Waals surface area contributed by atoms with Crippen LogP contribution in [0.25, 0.3) is 0 Å². The van der Waals surface area contributed by atoms with Crippen molar-refractivity contribution < 1.29 is 14.4 Å². The van der Waals surface area contributed by atoms with Gasteiger partial charge in [0, 0.05) is 23.3 Å². The maximum absolute atomic E-state index is 10.7. The Morgan fingerprint density at radius 3 is 2.75 bits per heavy atom. The molecule has 3 rings (SSSR count). The van der Waals surface area contributed by atoms with Gasteiger partial charge in [0.05, 0.1) is 16.8 Å². The summed E-state index contributed by atoms with van der Waals surface area (Å²) in [6, 6.07) is 11.8. The van der Waals surface area contributed by atoms with Crippen molar-refractivity contribution in [2.24, 2.45) is 10.2 Å². The highest BCUT2D eigenvalue weighted by Gasteiger charge is 2.12. The van der Waals surface area contributed by atoms with E-state index in [0.717, 1.165) is 11.3 Å². The first-order valence-electron chi connectivity index (χ1n) is 7.35. The summed E-state index contributed by atoms with van der Waals surface area (Å²) in [7, 11) is 0. The van der Waals surface area contributed by atoms with Crippen molar-refractivity contribution in [1.29, 1.82) is 0 Å². The molecule has 0 radical (unpaired) electrons. The molecule has 0 aliphatic carbocycles. The fraction of sp³-hybridized carbons (Fsp3) is 0.176. The molecule has 2 aromatic carbocycles. The Morgan fingerprint density at radius 1 is 1.17 bits per heavy atom. The molecule has 0 amide bonds. The van der Waals surface area contributed by atoms with Crippen LogP contribution in [-0.2, 0) is 0 Å². The van der Waals surface area contributed by atoms with E-state index < -0.39 is 4.92 Å². The van der Waals surface area contributed by atoms with Gasteiger partial charge in [-0.15, -0.1) is 0 Å². The Bertz CT molecular complexity index is 830. The summed E-state index contributed by atoms with van der Waals surface area (Å²) in [6.45, 7) is 2.90. The molecule has 0 atom stereocenters. The zero-order valence-corrected chi connectivity index (χ0v) is 13.0. The van der Waals surface area contributed by atoms with E-state index in [0.29, 0.717) is 30.2 Å². The van der Waals surface area contributed by atoms with Gasteiger partial charge in [-0.25, -0.2) is 0 Å². The smallest absolute Gasteiger partial charge is 0.270 e. The number of hydrogen-bond acceptors (Lipinski definition) is 6. The van der Waals surface area contributed by atoms with Crippen molar-refractivity contribution in [3.8, 4) is 11.5 Å². The molecule has 0 saturated heterocycles. The lowest BCUT2D eigenvalue weighted by molar-refractivity contribution is -0.384. The van der Waals surface area contributed by atoms with Gasteiger partial charge >= 0.3 is 0 Å². The highest BCUT2D eigenvalue weighted by atomic mass is 16.6. The first-order valence-corrected chi connectivity index (χ1v) is 7.35. The van der Waals surface area contributed by atoms with Crippen LogP contribution in [0.15, 0.2) is 52.7 Å². The second-order valence-electron chi connectivity index (χ2n) is 5.14. The van der Waals surface area contributed by atoms with Crippen molar-refractivity contribution in [2.75, 3.05) is 13.2 Å². The Morgan fingerprint density at radius 2 is 1.96 bits per heavy atom. The molecule has 0 fully saturated rings. The fourth-order valence-corrected chi connectivity index (χ4v) is 2.23. The highest BCUT2D eigenvalue weighted by molar-refractivity contribution is 5.99. The third-order valence-electron chi connectivity index (χ3n) is 3.46. The normalized spacial score (nSPS) is 14.0. The zero-order valence-electron chi connectivity index (χ0n) is 13.0. The SMILES string of the molecule is CC(=NN=Cc1cccc([N+](=O)[O-])c1)c1ccc2c(c1)OCCO2. The molecule has 0 bridgehead atoms. The summed E-state index contributed by atoms with van der Waals surface area (Å²) in [5, 5.41) is 18.9. The molecular formula is C17H15N3O4. The minimum Gasteiger partial charge on any atom is -0.486 e. The van der Waals surface area contributed by atoms with Gasteiger partial charge in [0.2, 0.25) is 0 Å². The van der Waals surface area contributed by atoms with E-state index in [4.69, 9.17) is 9.47 Å². The van der Waals surface area contributed by atoms with Crippen LogP contribution in [0, 0.1) is 10.1 Å².